The minimum Gasteiger partial charge on any atom is -0.457 e. The molecule has 0 bridgehead atoms. The lowest BCUT2D eigenvalue weighted by Gasteiger charge is -2.26. The van der Waals surface area contributed by atoms with Crippen LogP contribution in [0.25, 0.3) is 6.08 Å². The molecule has 11 heteroatoms. The van der Waals surface area contributed by atoms with Gasteiger partial charge < -0.3 is 20.1 Å². The molecule has 0 saturated carbocycles. The molecule has 2 aromatic carbocycles. The summed E-state index contributed by atoms with van der Waals surface area (Å²) in [6, 6.07) is 14.3. The number of aromatic nitrogens is 1. The molecule has 1 saturated heterocycles. The highest BCUT2D eigenvalue weighted by molar-refractivity contribution is 6.01. The van der Waals surface area contributed by atoms with Crippen LogP contribution in [0, 0.1) is 0 Å². The van der Waals surface area contributed by atoms with Gasteiger partial charge in [-0.1, -0.05) is 12.1 Å². The predicted molar refractivity (Wildman–Crippen MR) is 139 cm³/mol. The lowest BCUT2D eigenvalue weighted by atomic mass is 10.2. The van der Waals surface area contributed by atoms with Crippen molar-refractivity contribution in [2.24, 2.45) is 0 Å². The third-order valence-electron chi connectivity index (χ3n) is 5.78. The lowest BCUT2D eigenvalue weighted by Crippen LogP contribution is -2.41. The summed E-state index contributed by atoms with van der Waals surface area (Å²) in [5.41, 5.74) is 0.336. The van der Waals surface area contributed by atoms with Gasteiger partial charge in [-0.15, -0.1) is 0 Å². The summed E-state index contributed by atoms with van der Waals surface area (Å²) in [6.45, 7) is 4.30. The van der Waals surface area contributed by atoms with Gasteiger partial charge in [0.05, 0.1) is 18.8 Å². The van der Waals surface area contributed by atoms with E-state index < -0.39 is 17.6 Å². The fourth-order valence-corrected chi connectivity index (χ4v) is 3.76. The number of morpholine rings is 1. The number of nitrogens with zero attached hydrogens (tertiary/aromatic N) is 2. The molecule has 0 spiro atoms. The SMILES string of the molecule is O=C(/C=C/c1cccc(Oc2ccnc(C(=O)NCCN3CCOCC3)c2)c1)Nc1ccc(C(F)(F)F)cc1. The molecule has 1 aliphatic heterocycles. The van der Waals surface area contributed by atoms with Crippen molar-refractivity contribution in [3.05, 3.63) is 89.8 Å². The summed E-state index contributed by atoms with van der Waals surface area (Å²) < 4.78 is 49.3. The summed E-state index contributed by atoms with van der Waals surface area (Å²) in [6.07, 6.45) is -0.140. The Balaban J connectivity index is 1.30. The van der Waals surface area contributed by atoms with E-state index in [9.17, 15) is 22.8 Å². The Bertz CT molecular complexity index is 1310. The molecule has 0 atom stereocenters. The molecule has 0 radical (unpaired) electrons. The van der Waals surface area contributed by atoms with Crippen molar-refractivity contribution in [3.8, 4) is 11.5 Å². The van der Waals surface area contributed by atoms with Crippen LogP contribution in [0.15, 0.2) is 72.9 Å². The highest BCUT2D eigenvalue weighted by atomic mass is 19.4. The number of ether oxygens (including phenoxy) is 2. The molecule has 0 unspecified atom stereocenters. The van der Waals surface area contributed by atoms with Gasteiger partial charge in [-0.2, -0.15) is 13.2 Å². The highest BCUT2D eigenvalue weighted by Gasteiger charge is 2.29. The topological polar surface area (TPSA) is 92.8 Å². The monoisotopic (exact) mass is 540 g/mol. The molecule has 4 rings (SSSR count). The molecule has 1 fully saturated rings. The zero-order valence-electron chi connectivity index (χ0n) is 20.9. The van der Waals surface area contributed by atoms with Crippen LogP contribution in [0.4, 0.5) is 18.9 Å². The van der Waals surface area contributed by atoms with Gasteiger partial charge in [0.15, 0.2) is 0 Å². The van der Waals surface area contributed by atoms with E-state index in [0.29, 0.717) is 36.8 Å². The van der Waals surface area contributed by atoms with Crippen molar-refractivity contribution in [1.29, 1.82) is 0 Å². The molecule has 2 N–H and O–H groups in total. The second kappa shape index (κ2) is 13.0. The number of halogens is 3. The van der Waals surface area contributed by atoms with Crippen LogP contribution in [-0.4, -0.2) is 61.1 Å². The van der Waals surface area contributed by atoms with Crippen LogP contribution in [-0.2, 0) is 15.7 Å². The molecule has 2 heterocycles. The Morgan fingerprint density at radius 2 is 1.77 bits per heavy atom. The number of rotatable bonds is 9. The number of amides is 2. The number of carbonyl (C=O) groups excluding carboxylic acids is 2. The predicted octanol–water partition coefficient (Wildman–Crippen LogP) is 4.61. The maximum Gasteiger partial charge on any atom is 0.416 e. The molecule has 0 aliphatic carbocycles. The van der Waals surface area contributed by atoms with Crippen molar-refractivity contribution in [2.75, 3.05) is 44.7 Å². The second-order valence-corrected chi connectivity index (χ2v) is 8.66. The third-order valence-corrected chi connectivity index (χ3v) is 5.78. The fraction of sp³-hybridized carbons (Fsp3) is 0.250. The molecule has 3 aromatic rings. The molecular formula is C28H27F3N4O4. The Kier molecular flexibility index (Phi) is 9.29. The van der Waals surface area contributed by atoms with Gasteiger partial charge in [0.2, 0.25) is 5.91 Å². The zero-order valence-corrected chi connectivity index (χ0v) is 20.9. The number of carbonyl (C=O) groups is 2. The fourth-order valence-electron chi connectivity index (χ4n) is 3.76. The first-order valence-corrected chi connectivity index (χ1v) is 12.2. The molecule has 2 amide bonds. The number of nitrogens with one attached hydrogen (secondary N) is 2. The Morgan fingerprint density at radius 3 is 2.51 bits per heavy atom. The maximum atomic E-state index is 12.7. The maximum absolute atomic E-state index is 12.7. The van der Waals surface area contributed by atoms with E-state index in [1.165, 1.54) is 24.4 Å². The first-order chi connectivity index (χ1) is 18.8. The summed E-state index contributed by atoms with van der Waals surface area (Å²) in [7, 11) is 0. The Labute approximate surface area is 223 Å². The number of hydrogen-bond donors (Lipinski definition) is 2. The molecule has 204 valence electrons. The molecule has 1 aromatic heterocycles. The first kappa shape index (κ1) is 27.8. The number of pyridine rings is 1. The van der Waals surface area contributed by atoms with Crippen molar-refractivity contribution >= 4 is 23.6 Å². The van der Waals surface area contributed by atoms with E-state index in [0.717, 1.165) is 31.8 Å². The minimum atomic E-state index is -4.44. The van der Waals surface area contributed by atoms with Crippen molar-refractivity contribution in [1.82, 2.24) is 15.2 Å². The number of hydrogen-bond acceptors (Lipinski definition) is 6. The van der Waals surface area contributed by atoms with E-state index in [1.54, 1.807) is 42.5 Å². The van der Waals surface area contributed by atoms with E-state index in [4.69, 9.17) is 9.47 Å². The summed E-state index contributed by atoms with van der Waals surface area (Å²) >= 11 is 0. The quantitative estimate of drug-likeness (QED) is 0.386. The van der Waals surface area contributed by atoms with Gasteiger partial charge in [0.1, 0.15) is 17.2 Å². The number of anilines is 1. The second-order valence-electron chi connectivity index (χ2n) is 8.66. The minimum absolute atomic E-state index is 0.227. The molecular weight excluding hydrogens is 513 g/mol. The lowest BCUT2D eigenvalue weighted by molar-refractivity contribution is -0.137. The first-order valence-electron chi connectivity index (χ1n) is 12.2. The standard InChI is InChI=1S/C28H27F3N4O4/c29-28(30,31)21-5-7-22(8-6-21)34-26(36)9-4-20-2-1-3-23(18-20)39-24-10-11-32-25(19-24)27(37)33-12-13-35-14-16-38-17-15-35/h1-11,18-19H,12-17H2,(H,33,37)(H,34,36)/b9-4+. The van der Waals surface area contributed by atoms with Gasteiger partial charge >= 0.3 is 6.18 Å². The van der Waals surface area contributed by atoms with E-state index >= 15 is 0 Å². The number of alkyl halides is 3. The van der Waals surface area contributed by atoms with E-state index in [2.05, 4.69) is 20.5 Å². The Hall–Kier alpha value is -4.22. The van der Waals surface area contributed by atoms with Crippen LogP contribution in [0.5, 0.6) is 11.5 Å². The van der Waals surface area contributed by atoms with Crippen LogP contribution >= 0.6 is 0 Å². The van der Waals surface area contributed by atoms with Gasteiger partial charge in [-0.3, -0.25) is 19.5 Å². The van der Waals surface area contributed by atoms with Crippen LogP contribution < -0.4 is 15.4 Å². The third kappa shape index (κ3) is 8.66. The zero-order chi connectivity index (χ0) is 27.7. The summed E-state index contributed by atoms with van der Waals surface area (Å²) in [4.78, 5) is 31.1. The molecule has 39 heavy (non-hydrogen) atoms. The van der Waals surface area contributed by atoms with Crippen LogP contribution in [0.2, 0.25) is 0 Å². The molecule has 1 aliphatic rings. The van der Waals surface area contributed by atoms with Gasteiger partial charge in [0, 0.05) is 50.2 Å². The average Bonchev–Trinajstić information content (AvgIpc) is 2.93. The van der Waals surface area contributed by atoms with Crippen molar-refractivity contribution in [3.63, 3.8) is 0 Å². The molecule has 8 nitrogen and oxygen atoms in total. The Morgan fingerprint density at radius 1 is 1.03 bits per heavy atom. The average molecular weight is 541 g/mol. The summed E-state index contributed by atoms with van der Waals surface area (Å²) in [5.74, 6) is 0.0959. The van der Waals surface area contributed by atoms with Gasteiger partial charge in [-0.05, 0) is 54.1 Å². The van der Waals surface area contributed by atoms with Gasteiger partial charge in [-0.25, -0.2) is 0 Å². The highest BCUT2D eigenvalue weighted by Crippen LogP contribution is 2.30. The van der Waals surface area contributed by atoms with E-state index in [-0.39, 0.29) is 17.3 Å². The summed E-state index contributed by atoms with van der Waals surface area (Å²) in [5, 5.41) is 5.38. The van der Waals surface area contributed by atoms with Gasteiger partial charge in [0.25, 0.3) is 5.91 Å². The number of benzene rings is 2. The largest absolute Gasteiger partial charge is 0.457 e. The van der Waals surface area contributed by atoms with E-state index in [1.807, 2.05) is 0 Å². The van der Waals surface area contributed by atoms with Crippen molar-refractivity contribution < 1.29 is 32.2 Å². The smallest absolute Gasteiger partial charge is 0.416 e. The van der Waals surface area contributed by atoms with Crippen molar-refractivity contribution in [2.45, 2.75) is 6.18 Å². The normalized spacial score (nSPS) is 14.2. The van der Waals surface area contributed by atoms with Crippen LogP contribution in [0.1, 0.15) is 21.6 Å². The van der Waals surface area contributed by atoms with Crippen LogP contribution in [0.3, 0.4) is 0 Å².